The number of nitrogens with one attached hydrogen (secondary N) is 1. The first-order valence-electron chi connectivity index (χ1n) is 10.4. The molecule has 0 unspecified atom stereocenters. The van der Waals surface area contributed by atoms with E-state index in [1.165, 1.54) is 5.56 Å². The molecule has 0 aromatic heterocycles. The highest BCUT2D eigenvalue weighted by Gasteiger charge is 2.32. The zero-order valence-corrected chi connectivity index (χ0v) is 16.2. The summed E-state index contributed by atoms with van der Waals surface area (Å²) in [6, 6.07) is 11.4. The van der Waals surface area contributed by atoms with Gasteiger partial charge in [0.15, 0.2) is 0 Å². The number of piperidine rings is 1. The molecule has 6 heteroatoms. The van der Waals surface area contributed by atoms with E-state index in [9.17, 15) is 4.79 Å². The van der Waals surface area contributed by atoms with Crippen LogP contribution < -0.4 is 5.32 Å². The van der Waals surface area contributed by atoms with E-state index >= 15 is 0 Å². The van der Waals surface area contributed by atoms with E-state index in [1.807, 2.05) is 4.90 Å². The van der Waals surface area contributed by atoms with Gasteiger partial charge in [-0.1, -0.05) is 30.3 Å². The van der Waals surface area contributed by atoms with Gasteiger partial charge >= 0.3 is 0 Å². The van der Waals surface area contributed by atoms with E-state index < -0.39 is 0 Å². The Kier molecular flexibility index (Phi) is 6.39. The van der Waals surface area contributed by atoms with Gasteiger partial charge in [-0.2, -0.15) is 0 Å². The van der Waals surface area contributed by atoms with Gasteiger partial charge in [-0.15, -0.1) is 0 Å². The summed E-state index contributed by atoms with van der Waals surface area (Å²) in [5.74, 6) is 0.174. The molecular formula is C21H32N4O2. The molecule has 1 aromatic carbocycles. The third-order valence-corrected chi connectivity index (χ3v) is 6.15. The molecule has 0 radical (unpaired) electrons. The molecule has 3 heterocycles. The van der Waals surface area contributed by atoms with Crippen molar-refractivity contribution >= 4 is 5.91 Å². The Labute approximate surface area is 162 Å². The number of carbonyl (C=O) groups excluding carboxylic acids is 1. The number of amides is 1. The average molecular weight is 373 g/mol. The second-order valence-corrected chi connectivity index (χ2v) is 7.92. The minimum absolute atomic E-state index is 0.174. The molecule has 148 valence electrons. The van der Waals surface area contributed by atoms with Crippen molar-refractivity contribution in [2.45, 2.75) is 31.5 Å². The summed E-state index contributed by atoms with van der Waals surface area (Å²) in [5, 5.41) is 3.25. The van der Waals surface area contributed by atoms with E-state index in [0.717, 1.165) is 65.2 Å². The van der Waals surface area contributed by atoms with E-state index in [-0.39, 0.29) is 12.0 Å². The first-order chi connectivity index (χ1) is 13.3. The van der Waals surface area contributed by atoms with Crippen molar-refractivity contribution in [2.75, 3.05) is 59.0 Å². The van der Waals surface area contributed by atoms with Crippen molar-refractivity contribution < 1.29 is 9.53 Å². The maximum atomic E-state index is 12.6. The highest BCUT2D eigenvalue weighted by molar-refractivity contribution is 5.81. The molecule has 3 saturated heterocycles. The van der Waals surface area contributed by atoms with Crippen molar-refractivity contribution in [1.29, 1.82) is 0 Å². The number of morpholine rings is 1. The zero-order chi connectivity index (χ0) is 18.5. The lowest BCUT2D eigenvalue weighted by Gasteiger charge is -2.43. The fourth-order valence-corrected chi connectivity index (χ4v) is 4.51. The Balaban J connectivity index is 1.20. The third-order valence-electron chi connectivity index (χ3n) is 6.15. The van der Waals surface area contributed by atoms with Crippen molar-refractivity contribution in [1.82, 2.24) is 20.0 Å². The van der Waals surface area contributed by atoms with Crippen LogP contribution in [0, 0.1) is 0 Å². The minimum atomic E-state index is -0.281. The van der Waals surface area contributed by atoms with Crippen LogP contribution in [0.2, 0.25) is 0 Å². The second-order valence-electron chi connectivity index (χ2n) is 7.92. The predicted molar refractivity (Wildman–Crippen MR) is 106 cm³/mol. The van der Waals surface area contributed by atoms with Crippen LogP contribution in [-0.2, 0) is 16.1 Å². The average Bonchev–Trinajstić information content (AvgIpc) is 2.75. The molecule has 0 aliphatic carbocycles. The number of hydrogen-bond acceptors (Lipinski definition) is 5. The largest absolute Gasteiger partial charge is 0.366 e. The molecule has 1 amide bonds. The van der Waals surface area contributed by atoms with Crippen LogP contribution in [0.1, 0.15) is 18.4 Å². The third kappa shape index (κ3) is 4.88. The topological polar surface area (TPSA) is 48.1 Å². The van der Waals surface area contributed by atoms with Crippen molar-refractivity contribution in [3.63, 3.8) is 0 Å². The number of rotatable bonds is 4. The van der Waals surface area contributed by atoms with Crippen molar-refractivity contribution in [3.8, 4) is 0 Å². The number of likely N-dealkylation sites (tertiary alicyclic amines) is 1. The first-order valence-corrected chi connectivity index (χ1v) is 10.4. The highest BCUT2D eigenvalue weighted by atomic mass is 16.5. The fraction of sp³-hybridized carbons (Fsp3) is 0.667. The van der Waals surface area contributed by atoms with Crippen LogP contribution in [0.5, 0.6) is 0 Å². The molecular weight excluding hydrogens is 340 g/mol. The SMILES string of the molecule is O=C([C@H]1CNCCO1)N1CCC(N2CCN(Cc3ccccc3)CC2)CC1. The van der Waals surface area contributed by atoms with Crippen molar-refractivity contribution in [3.05, 3.63) is 35.9 Å². The Hall–Kier alpha value is -1.47. The van der Waals surface area contributed by atoms with Gasteiger partial charge < -0.3 is 15.0 Å². The second kappa shape index (κ2) is 9.15. The Morgan fingerprint density at radius 1 is 1.04 bits per heavy atom. The van der Waals surface area contributed by atoms with Crippen LogP contribution in [0.3, 0.4) is 0 Å². The van der Waals surface area contributed by atoms with E-state index in [4.69, 9.17) is 4.74 Å². The van der Waals surface area contributed by atoms with Gasteiger partial charge in [-0.05, 0) is 18.4 Å². The summed E-state index contributed by atoms with van der Waals surface area (Å²) in [7, 11) is 0. The van der Waals surface area contributed by atoms with Gasteiger partial charge in [0.1, 0.15) is 6.10 Å². The molecule has 1 aromatic rings. The molecule has 0 saturated carbocycles. The van der Waals surface area contributed by atoms with Gasteiger partial charge in [0.2, 0.25) is 0 Å². The first kappa shape index (κ1) is 18.9. The lowest BCUT2D eigenvalue weighted by atomic mass is 10.0. The normalized spacial score (nSPS) is 26.2. The molecule has 1 atom stereocenters. The Morgan fingerprint density at radius 3 is 2.44 bits per heavy atom. The summed E-state index contributed by atoms with van der Waals surface area (Å²) in [6.45, 7) is 9.48. The Morgan fingerprint density at radius 2 is 1.78 bits per heavy atom. The number of nitrogens with zero attached hydrogens (tertiary/aromatic N) is 3. The van der Waals surface area contributed by atoms with E-state index in [0.29, 0.717) is 19.2 Å². The molecule has 1 N–H and O–H groups in total. The summed E-state index contributed by atoms with van der Waals surface area (Å²) >= 11 is 0. The molecule has 4 rings (SSSR count). The summed E-state index contributed by atoms with van der Waals surface area (Å²) in [5.41, 5.74) is 1.40. The van der Waals surface area contributed by atoms with Crippen LogP contribution in [0.15, 0.2) is 30.3 Å². The molecule has 3 aliphatic heterocycles. The lowest BCUT2D eigenvalue weighted by molar-refractivity contribution is -0.146. The maximum absolute atomic E-state index is 12.6. The maximum Gasteiger partial charge on any atom is 0.253 e. The number of piperazine rings is 1. The van der Waals surface area contributed by atoms with Crippen LogP contribution in [0.25, 0.3) is 0 Å². The lowest BCUT2D eigenvalue weighted by Crippen LogP contribution is -2.55. The zero-order valence-electron chi connectivity index (χ0n) is 16.2. The number of benzene rings is 1. The minimum Gasteiger partial charge on any atom is -0.366 e. The molecule has 27 heavy (non-hydrogen) atoms. The summed E-state index contributed by atoms with van der Waals surface area (Å²) < 4.78 is 5.63. The highest BCUT2D eigenvalue weighted by Crippen LogP contribution is 2.20. The number of ether oxygens (including phenoxy) is 1. The van der Waals surface area contributed by atoms with Gasteiger partial charge in [0.25, 0.3) is 5.91 Å². The van der Waals surface area contributed by atoms with E-state index in [1.54, 1.807) is 0 Å². The Bertz CT molecular complexity index is 589. The molecule has 0 spiro atoms. The smallest absolute Gasteiger partial charge is 0.253 e. The van der Waals surface area contributed by atoms with Gasteiger partial charge in [-0.3, -0.25) is 14.6 Å². The van der Waals surface area contributed by atoms with Crippen molar-refractivity contribution in [2.24, 2.45) is 0 Å². The molecule has 0 bridgehead atoms. The molecule has 3 aliphatic rings. The fourth-order valence-electron chi connectivity index (χ4n) is 4.51. The van der Waals surface area contributed by atoms with Gasteiger partial charge in [-0.25, -0.2) is 0 Å². The van der Waals surface area contributed by atoms with Crippen LogP contribution in [0.4, 0.5) is 0 Å². The standard InChI is InChI=1S/C21H32N4O2/c26-21(20-16-22-8-15-27-20)25-9-6-19(7-10-25)24-13-11-23(12-14-24)17-18-4-2-1-3-5-18/h1-5,19-20,22H,6-17H2/t20-/m1/s1. The monoisotopic (exact) mass is 372 g/mol. The van der Waals surface area contributed by atoms with Crippen LogP contribution >= 0.6 is 0 Å². The molecule has 6 nitrogen and oxygen atoms in total. The summed E-state index contributed by atoms with van der Waals surface area (Å²) in [6.07, 6.45) is 1.90. The predicted octanol–water partition coefficient (Wildman–Crippen LogP) is 0.784. The summed E-state index contributed by atoms with van der Waals surface area (Å²) in [4.78, 5) is 19.8. The number of hydrogen-bond donors (Lipinski definition) is 1. The quantitative estimate of drug-likeness (QED) is 0.847. The van der Waals surface area contributed by atoms with Gasteiger partial charge in [0.05, 0.1) is 6.61 Å². The number of carbonyl (C=O) groups is 1. The van der Waals surface area contributed by atoms with Crippen LogP contribution in [-0.4, -0.2) is 91.7 Å². The van der Waals surface area contributed by atoms with Gasteiger partial charge in [0, 0.05) is 64.9 Å². The van der Waals surface area contributed by atoms with E-state index in [2.05, 4.69) is 45.4 Å². The molecule has 3 fully saturated rings.